The molecule has 32 heavy (non-hydrogen) atoms. The van der Waals surface area contributed by atoms with Gasteiger partial charge in [-0.15, -0.1) is 0 Å². The number of likely N-dealkylation sites (tertiary alicyclic amines) is 1. The summed E-state index contributed by atoms with van der Waals surface area (Å²) >= 11 is 5.90. The van der Waals surface area contributed by atoms with Gasteiger partial charge < -0.3 is 9.64 Å². The molecule has 1 aliphatic carbocycles. The molecule has 1 saturated carbocycles. The highest BCUT2D eigenvalue weighted by atomic mass is 35.5. The smallest absolute Gasteiger partial charge is 0.410 e. The number of anilines is 1. The van der Waals surface area contributed by atoms with E-state index in [4.69, 9.17) is 16.3 Å². The third-order valence-corrected chi connectivity index (χ3v) is 7.17. The number of aromatic nitrogens is 2. The van der Waals surface area contributed by atoms with Gasteiger partial charge in [0.1, 0.15) is 6.10 Å². The van der Waals surface area contributed by atoms with Crippen molar-refractivity contribution < 1.29 is 9.53 Å². The Bertz CT molecular complexity index is 931. The maximum atomic E-state index is 13.0. The van der Waals surface area contributed by atoms with Crippen molar-refractivity contribution in [3.8, 4) is 0 Å². The standard InChI is InChI=1S/C24H30ClN5O2/c1-17-12-29(22-26-10-20(25)11-27-22)13-18(2)30(17)23(31)32-21-8-24(9-21)15-28(16-24)14-19-6-4-3-5-7-19/h3-7,10-11,17-18,21H,8-9,12-16H2,1-2H3/t17-,18+. The van der Waals surface area contributed by atoms with Gasteiger partial charge >= 0.3 is 6.09 Å². The van der Waals surface area contributed by atoms with Gasteiger partial charge in [0.15, 0.2) is 0 Å². The molecule has 7 nitrogen and oxygen atoms in total. The van der Waals surface area contributed by atoms with Crippen LogP contribution in [0.4, 0.5) is 10.7 Å². The van der Waals surface area contributed by atoms with Gasteiger partial charge in [-0.2, -0.15) is 0 Å². The number of hydrogen-bond donors (Lipinski definition) is 0. The second-order valence-corrected chi connectivity index (χ2v) is 10.2. The van der Waals surface area contributed by atoms with Gasteiger partial charge in [0.25, 0.3) is 0 Å². The summed E-state index contributed by atoms with van der Waals surface area (Å²) in [6.45, 7) is 8.65. The Morgan fingerprint density at radius 1 is 1.09 bits per heavy atom. The van der Waals surface area contributed by atoms with Gasteiger partial charge in [-0.1, -0.05) is 41.9 Å². The quantitative estimate of drug-likeness (QED) is 0.698. The number of rotatable bonds is 4. The average molecular weight is 456 g/mol. The molecule has 3 aliphatic rings. The topological polar surface area (TPSA) is 61.8 Å². The SMILES string of the molecule is C[C@@H]1CN(c2ncc(Cl)cn2)C[C@H](C)N1C(=O)OC1CC2(C1)CN(Cc1ccccc1)C2. The number of carbonyl (C=O) groups is 1. The third-order valence-electron chi connectivity index (χ3n) is 6.98. The minimum Gasteiger partial charge on any atom is -0.446 e. The Kier molecular flexibility index (Phi) is 5.72. The second-order valence-electron chi connectivity index (χ2n) is 9.76. The zero-order chi connectivity index (χ0) is 22.3. The fourth-order valence-corrected chi connectivity index (χ4v) is 5.72. The molecule has 2 saturated heterocycles. The summed E-state index contributed by atoms with van der Waals surface area (Å²) in [5.41, 5.74) is 1.71. The van der Waals surface area contributed by atoms with Crippen LogP contribution in [0.3, 0.4) is 0 Å². The number of piperazine rings is 1. The van der Waals surface area contributed by atoms with E-state index in [1.54, 1.807) is 12.4 Å². The minimum absolute atomic E-state index is 0.0182. The summed E-state index contributed by atoms with van der Waals surface area (Å²) in [5, 5.41) is 0.518. The predicted octanol–water partition coefficient (Wildman–Crippen LogP) is 3.83. The summed E-state index contributed by atoms with van der Waals surface area (Å²) in [4.78, 5) is 28.1. The lowest BCUT2D eigenvalue weighted by Crippen LogP contribution is -2.65. The maximum absolute atomic E-state index is 13.0. The predicted molar refractivity (Wildman–Crippen MR) is 124 cm³/mol. The lowest BCUT2D eigenvalue weighted by Gasteiger charge is -2.58. The Hall–Kier alpha value is -2.38. The molecule has 2 aliphatic heterocycles. The molecule has 170 valence electrons. The van der Waals surface area contributed by atoms with Crippen molar-refractivity contribution in [1.29, 1.82) is 0 Å². The molecule has 2 atom stereocenters. The number of carbonyl (C=O) groups excluding carboxylic acids is 1. The van der Waals surface area contributed by atoms with Gasteiger partial charge in [-0.3, -0.25) is 9.80 Å². The molecular weight excluding hydrogens is 426 g/mol. The van der Waals surface area contributed by atoms with Crippen molar-refractivity contribution in [1.82, 2.24) is 19.8 Å². The lowest BCUT2D eigenvalue weighted by molar-refractivity contribution is -0.137. The highest BCUT2D eigenvalue weighted by molar-refractivity contribution is 6.30. The van der Waals surface area contributed by atoms with E-state index in [1.165, 1.54) is 5.56 Å². The third kappa shape index (κ3) is 4.28. The monoisotopic (exact) mass is 455 g/mol. The van der Waals surface area contributed by atoms with Crippen LogP contribution in [0.15, 0.2) is 42.7 Å². The maximum Gasteiger partial charge on any atom is 0.410 e. The van der Waals surface area contributed by atoms with Crippen LogP contribution in [-0.2, 0) is 11.3 Å². The van der Waals surface area contributed by atoms with Crippen LogP contribution in [0.25, 0.3) is 0 Å². The van der Waals surface area contributed by atoms with Crippen LogP contribution < -0.4 is 4.90 Å². The summed E-state index contributed by atoms with van der Waals surface area (Å²) in [5.74, 6) is 0.645. The first kappa shape index (κ1) is 21.5. The van der Waals surface area contributed by atoms with Gasteiger partial charge in [0, 0.05) is 38.1 Å². The van der Waals surface area contributed by atoms with E-state index < -0.39 is 0 Å². The zero-order valence-electron chi connectivity index (χ0n) is 18.7. The first-order valence-corrected chi connectivity index (χ1v) is 11.8. The normalized spacial score (nSPS) is 25.3. The van der Waals surface area contributed by atoms with Crippen LogP contribution in [-0.4, -0.2) is 70.2 Å². The molecule has 0 bridgehead atoms. The number of nitrogens with zero attached hydrogens (tertiary/aromatic N) is 5. The van der Waals surface area contributed by atoms with Gasteiger partial charge in [-0.25, -0.2) is 14.8 Å². The molecule has 3 fully saturated rings. The van der Waals surface area contributed by atoms with Crippen LogP contribution in [0.5, 0.6) is 0 Å². The molecule has 1 aromatic carbocycles. The first-order valence-electron chi connectivity index (χ1n) is 11.4. The molecule has 1 spiro atoms. The Labute approximate surface area is 194 Å². The molecule has 8 heteroatoms. The van der Waals surface area contributed by atoms with Crippen molar-refractivity contribution in [2.24, 2.45) is 5.41 Å². The molecule has 0 unspecified atom stereocenters. The fourth-order valence-electron chi connectivity index (χ4n) is 5.62. The molecule has 1 amide bonds. The Balaban J connectivity index is 1.09. The fraction of sp³-hybridized carbons (Fsp3) is 0.542. The molecule has 0 N–H and O–H groups in total. The molecule has 1 aromatic heterocycles. The van der Waals surface area contributed by atoms with Crippen molar-refractivity contribution >= 4 is 23.6 Å². The van der Waals surface area contributed by atoms with Crippen molar-refractivity contribution in [2.45, 2.75) is 51.4 Å². The summed E-state index contributed by atoms with van der Waals surface area (Å²) in [6.07, 6.45) is 5.01. The first-order chi connectivity index (χ1) is 15.4. The Morgan fingerprint density at radius 3 is 2.34 bits per heavy atom. The van der Waals surface area contributed by atoms with Crippen molar-refractivity contribution in [3.05, 3.63) is 53.3 Å². The number of benzene rings is 1. The number of amides is 1. The second kappa shape index (κ2) is 8.52. The number of ether oxygens (including phenoxy) is 1. The van der Waals surface area contributed by atoms with Gasteiger partial charge in [-0.05, 0) is 32.3 Å². The van der Waals surface area contributed by atoms with Crippen LogP contribution in [0, 0.1) is 5.41 Å². The van der Waals surface area contributed by atoms with E-state index >= 15 is 0 Å². The summed E-state index contributed by atoms with van der Waals surface area (Å²) < 4.78 is 5.91. The van der Waals surface area contributed by atoms with E-state index in [0.29, 0.717) is 29.5 Å². The van der Waals surface area contributed by atoms with Gasteiger partial charge in [0.2, 0.25) is 5.95 Å². The van der Waals surface area contributed by atoms with Crippen LogP contribution in [0.2, 0.25) is 5.02 Å². The van der Waals surface area contributed by atoms with E-state index in [2.05, 4.69) is 63.9 Å². The summed E-state index contributed by atoms with van der Waals surface area (Å²) in [6, 6.07) is 10.6. The van der Waals surface area contributed by atoms with E-state index in [0.717, 1.165) is 32.5 Å². The Morgan fingerprint density at radius 2 is 1.72 bits per heavy atom. The lowest BCUT2D eigenvalue weighted by atomic mass is 9.61. The molecule has 3 heterocycles. The molecule has 2 aromatic rings. The van der Waals surface area contributed by atoms with E-state index in [1.807, 2.05) is 4.90 Å². The van der Waals surface area contributed by atoms with E-state index in [-0.39, 0.29) is 24.3 Å². The van der Waals surface area contributed by atoms with Crippen molar-refractivity contribution in [2.75, 3.05) is 31.1 Å². The zero-order valence-corrected chi connectivity index (χ0v) is 19.4. The highest BCUT2D eigenvalue weighted by Crippen LogP contribution is 2.50. The van der Waals surface area contributed by atoms with E-state index in [9.17, 15) is 4.79 Å². The van der Waals surface area contributed by atoms with Crippen LogP contribution in [0.1, 0.15) is 32.3 Å². The summed E-state index contributed by atoms with van der Waals surface area (Å²) in [7, 11) is 0. The van der Waals surface area contributed by atoms with Crippen molar-refractivity contribution in [3.63, 3.8) is 0 Å². The number of hydrogen-bond acceptors (Lipinski definition) is 6. The molecular formula is C24H30ClN5O2. The number of halogens is 1. The largest absolute Gasteiger partial charge is 0.446 e. The average Bonchev–Trinajstić information content (AvgIpc) is 2.71. The van der Waals surface area contributed by atoms with Crippen LogP contribution >= 0.6 is 11.6 Å². The highest BCUT2D eigenvalue weighted by Gasteiger charge is 2.54. The molecule has 0 radical (unpaired) electrons. The van der Waals surface area contributed by atoms with Gasteiger partial charge in [0.05, 0.1) is 29.5 Å². The minimum atomic E-state index is -0.193. The molecule has 5 rings (SSSR count).